The first-order chi connectivity index (χ1) is 10.3. The molecule has 2 aliphatic rings. The number of amides is 1. The Hall–Kier alpha value is -1.40. The number of carbonyl (C=O) groups is 1. The Kier molecular flexibility index (Phi) is 3.77. The van der Waals surface area contributed by atoms with Gasteiger partial charge in [-0.05, 0) is 30.9 Å². The molecular formula is C15H21ClN4O2. The molecule has 1 unspecified atom stereocenters. The van der Waals surface area contributed by atoms with Crippen LogP contribution in [0.2, 0.25) is 5.28 Å². The predicted octanol–water partition coefficient (Wildman–Crippen LogP) is 2.26. The van der Waals surface area contributed by atoms with Gasteiger partial charge in [0.25, 0.3) is 0 Å². The topological polar surface area (TPSA) is 67.3 Å². The van der Waals surface area contributed by atoms with E-state index in [4.69, 9.17) is 16.3 Å². The van der Waals surface area contributed by atoms with Crippen LogP contribution in [0.3, 0.4) is 0 Å². The summed E-state index contributed by atoms with van der Waals surface area (Å²) in [7, 11) is 1.67. The Morgan fingerprint density at radius 3 is 2.86 bits per heavy atom. The Bertz CT molecular complexity index is 622. The van der Waals surface area contributed by atoms with Crippen LogP contribution in [0.5, 0.6) is 0 Å². The molecule has 1 N–H and O–H groups in total. The number of methoxy groups -OCH3 is 1. The fourth-order valence-corrected chi connectivity index (χ4v) is 3.47. The van der Waals surface area contributed by atoms with Crippen LogP contribution < -0.4 is 10.2 Å². The lowest BCUT2D eigenvalue weighted by Gasteiger charge is -2.40. The van der Waals surface area contributed by atoms with E-state index in [2.05, 4.69) is 29.1 Å². The summed E-state index contributed by atoms with van der Waals surface area (Å²) >= 11 is 6.11. The fourth-order valence-electron chi connectivity index (χ4n) is 3.29. The molecule has 7 heteroatoms. The highest BCUT2D eigenvalue weighted by Gasteiger charge is 2.52. The lowest BCUT2D eigenvalue weighted by Crippen LogP contribution is -2.54. The number of halogens is 1. The summed E-state index contributed by atoms with van der Waals surface area (Å²) in [6.45, 7) is 6.76. The van der Waals surface area contributed by atoms with Crippen LogP contribution in [0.1, 0.15) is 32.9 Å². The Morgan fingerprint density at radius 2 is 2.23 bits per heavy atom. The number of ether oxygens (including phenoxy) is 1. The zero-order chi connectivity index (χ0) is 16.1. The largest absolute Gasteiger partial charge is 0.380 e. The number of fused-ring (bicyclic) bond motifs is 3. The maximum Gasteiger partial charge on any atom is 0.250 e. The van der Waals surface area contributed by atoms with Crippen molar-refractivity contribution in [3.63, 3.8) is 0 Å². The molecule has 2 atom stereocenters. The molecule has 0 aromatic carbocycles. The number of aromatic nitrogens is 2. The Morgan fingerprint density at radius 1 is 1.50 bits per heavy atom. The van der Waals surface area contributed by atoms with Crippen LogP contribution in [-0.2, 0) is 16.0 Å². The lowest BCUT2D eigenvalue weighted by molar-refractivity contribution is -0.121. The number of hydrogen-bond donors (Lipinski definition) is 1. The smallest absolute Gasteiger partial charge is 0.250 e. The van der Waals surface area contributed by atoms with E-state index in [0.717, 1.165) is 12.1 Å². The lowest BCUT2D eigenvalue weighted by atomic mass is 9.94. The summed E-state index contributed by atoms with van der Waals surface area (Å²) in [6.07, 6.45) is 1.38. The van der Waals surface area contributed by atoms with Crippen molar-refractivity contribution >= 4 is 29.0 Å². The maximum atomic E-state index is 12.6. The van der Waals surface area contributed by atoms with Gasteiger partial charge < -0.3 is 15.0 Å². The summed E-state index contributed by atoms with van der Waals surface area (Å²) in [5.41, 5.74) is 0.832. The van der Waals surface area contributed by atoms with E-state index in [1.807, 2.05) is 11.8 Å². The van der Waals surface area contributed by atoms with Gasteiger partial charge in [-0.3, -0.25) is 4.79 Å². The zero-order valence-electron chi connectivity index (χ0n) is 13.3. The Labute approximate surface area is 135 Å². The fraction of sp³-hybridized carbons (Fsp3) is 0.667. The van der Waals surface area contributed by atoms with E-state index in [1.54, 1.807) is 7.11 Å². The monoisotopic (exact) mass is 324 g/mol. The minimum absolute atomic E-state index is 0.00369. The van der Waals surface area contributed by atoms with Crippen LogP contribution in [0.25, 0.3) is 0 Å². The van der Waals surface area contributed by atoms with E-state index < -0.39 is 5.54 Å². The van der Waals surface area contributed by atoms with Gasteiger partial charge >= 0.3 is 0 Å². The second-order valence-corrected chi connectivity index (χ2v) is 6.97. The van der Waals surface area contributed by atoms with Crippen molar-refractivity contribution in [3.05, 3.63) is 11.0 Å². The number of nitrogens with zero attached hydrogens (tertiary/aromatic N) is 3. The van der Waals surface area contributed by atoms with Crippen LogP contribution in [0, 0.1) is 5.92 Å². The highest BCUT2D eigenvalue weighted by molar-refractivity contribution is 6.28. The van der Waals surface area contributed by atoms with Gasteiger partial charge in [-0.2, -0.15) is 4.98 Å². The van der Waals surface area contributed by atoms with Gasteiger partial charge in [0.1, 0.15) is 11.2 Å². The first kappa shape index (κ1) is 15.5. The molecular weight excluding hydrogens is 304 g/mol. The molecule has 3 rings (SSSR count). The summed E-state index contributed by atoms with van der Waals surface area (Å²) in [6, 6.07) is 0. The minimum atomic E-state index is -0.652. The highest BCUT2D eigenvalue weighted by atomic mass is 35.5. The number of carbonyl (C=O) groups excluding carboxylic acids is 1. The van der Waals surface area contributed by atoms with Gasteiger partial charge in [0.15, 0.2) is 5.82 Å². The van der Waals surface area contributed by atoms with Gasteiger partial charge in [0.05, 0.1) is 11.8 Å². The minimum Gasteiger partial charge on any atom is -0.380 e. The number of rotatable bonds is 3. The van der Waals surface area contributed by atoms with Crippen molar-refractivity contribution in [1.29, 1.82) is 0 Å². The second kappa shape index (κ2) is 5.35. The zero-order valence-corrected chi connectivity index (χ0v) is 14.1. The highest BCUT2D eigenvalue weighted by Crippen LogP contribution is 2.44. The number of nitrogens with one attached hydrogen (secondary N) is 1. The van der Waals surface area contributed by atoms with E-state index in [1.165, 1.54) is 0 Å². The summed E-state index contributed by atoms with van der Waals surface area (Å²) in [5.74, 6) is 1.08. The molecule has 0 saturated carbocycles. The summed E-state index contributed by atoms with van der Waals surface area (Å²) in [4.78, 5) is 23.4. The normalized spacial score (nSPS) is 26.9. The van der Waals surface area contributed by atoms with Crippen molar-refractivity contribution in [2.24, 2.45) is 5.92 Å². The van der Waals surface area contributed by atoms with E-state index >= 15 is 0 Å². The van der Waals surface area contributed by atoms with E-state index in [-0.39, 0.29) is 17.3 Å². The van der Waals surface area contributed by atoms with Crippen LogP contribution >= 0.6 is 11.6 Å². The maximum absolute atomic E-state index is 12.6. The molecule has 3 heterocycles. The van der Waals surface area contributed by atoms with Crippen LogP contribution in [0.4, 0.5) is 11.5 Å². The third kappa shape index (κ3) is 2.34. The molecule has 0 aliphatic carbocycles. The SMILES string of the molecule is COC1CN2c3nc(Cl)nc(CC(C)C)c3NC(=O)[C@@]2(C)C1. The van der Waals surface area contributed by atoms with Crippen LogP contribution in [0.15, 0.2) is 0 Å². The van der Waals surface area contributed by atoms with Crippen molar-refractivity contribution in [1.82, 2.24) is 9.97 Å². The Balaban J connectivity index is 2.10. The van der Waals surface area contributed by atoms with E-state index in [0.29, 0.717) is 30.4 Å². The first-order valence-corrected chi connectivity index (χ1v) is 7.91. The molecule has 0 bridgehead atoms. The molecule has 1 aromatic rings. The van der Waals surface area contributed by atoms with Crippen molar-refractivity contribution in [3.8, 4) is 0 Å². The molecule has 1 saturated heterocycles. The standard InChI is InChI=1S/C15H21ClN4O2/c1-8(2)5-10-11-12(19-14(16)17-10)20-7-9(22-4)6-15(20,3)13(21)18-11/h8-9H,5-7H2,1-4H3,(H,18,21)/t9?,15-/m1/s1. The molecule has 1 fully saturated rings. The van der Waals surface area contributed by atoms with Gasteiger partial charge in [0, 0.05) is 20.1 Å². The van der Waals surface area contributed by atoms with Gasteiger partial charge in [-0.1, -0.05) is 13.8 Å². The molecule has 22 heavy (non-hydrogen) atoms. The van der Waals surface area contributed by atoms with Crippen molar-refractivity contribution in [2.75, 3.05) is 23.9 Å². The average molecular weight is 325 g/mol. The van der Waals surface area contributed by atoms with Crippen molar-refractivity contribution < 1.29 is 9.53 Å². The first-order valence-electron chi connectivity index (χ1n) is 7.53. The molecule has 1 amide bonds. The number of anilines is 2. The third-order valence-electron chi connectivity index (χ3n) is 4.46. The van der Waals surface area contributed by atoms with E-state index in [9.17, 15) is 4.79 Å². The van der Waals surface area contributed by atoms with Gasteiger partial charge in [-0.15, -0.1) is 0 Å². The van der Waals surface area contributed by atoms with Crippen molar-refractivity contribution in [2.45, 2.75) is 45.3 Å². The average Bonchev–Trinajstić information content (AvgIpc) is 2.79. The van der Waals surface area contributed by atoms with Crippen LogP contribution in [-0.4, -0.2) is 41.2 Å². The predicted molar refractivity (Wildman–Crippen MR) is 85.4 cm³/mol. The third-order valence-corrected chi connectivity index (χ3v) is 4.63. The summed E-state index contributed by atoms with van der Waals surface area (Å²) in [5, 5.41) is 3.21. The second-order valence-electron chi connectivity index (χ2n) is 6.64. The van der Waals surface area contributed by atoms with Gasteiger partial charge in [0.2, 0.25) is 11.2 Å². The molecule has 2 aliphatic heterocycles. The molecule has 120 valence electrons. The van der Waals surface area contributed by atoms with Gasteiger partial charge in [-0.25, -0.2) is 4.98 Å². The summed E-state index contributed by atoms with van der Waals surface area (Å²) < 4.78 is 5.46. The molecule has 0 spiro atoms. The molecule has 1 aromatic heterocycles. The number of hydrogen-bond acceptors (Lipinski definition) is 5. The quantitative estimate of drug-likeness (QED) is 0.864. The molecule has 0 radical (unpaired) electrons. The molecule has 6 nitrogen and oxygen atoms in total.